The third kappa shape index (κ3) is 6.07. The first-order valence-electron chi connectivity index (χ1n) is 15.0. The zero-order valence-corrected chi connectivity index (χ0v) is 25.3. The van der Waals surface area contributed by atoms with Crippen molar-refractivity contribution < 1.29 is 4.74 Å². The van der Waals surface area contributed by atoms with Gasteiger partial charge in [0.2, 0.25) is 0 Å². The molecule has 6 rings (SSSR count). The number of ether oxygens (including phenoxy) is 1. The Morgan fingerprint density at radius 1 is 0.756 bits per heavy atom. The number of aromatic nitrogens is 1. The quantitative estimate of drug-likeness (QED) is 0.135. The highest BCUT2D eigenvalue weighted by molar-refractivity contribution is 6.09. The van der Waals surface area contributed by atoms with Gasteiger partial charge in [-0.2, -0.15) is 0 Å². The summed E-state index contributed by atoms with van der Waals surface area (Å²) in [6.45, 7) is 13.7. The van der Waals surface area contributed by atoms with Crippen LogP contribution < -0.4 is 4.90 Å². The van der Waals surface area contributed by atoms with Gasteiger partial charge in [0.15, 0.2) is 0 Å². The minimum absolute atomic E-state index is 0.0224. The summed E-state index contributed by atoms with van der Waals surface area (Å²) < 4.78 is 8.45. The summed E-state index contributed by atoms with van der Waals surface area (Å²) in [5.74, 6) is 1.10. The fraction of sp³-hybridized carbons (Fsp3) is 0.100. The molecule has 0 saturated heterocycles. The standard InChI is InChI=1S/C40H32N4O/c1-4-43(5-2)32-20-14-29(15-21-32)18-24-34-26-31(38(28-41)42-3)27-35(45-34)25-19-30-16-22-33(23-17-30)44-39-12-8-6-10-36(39)37-11-7-9-13-40(37)44/h6-27H,4-5H2,1-2H3. The molecule has 218 valence electrons. The van der Waals surface area contributed by atoms with Crippen molar-refractivity contribution >= 4 is 39.6 Å². The molecule has 0 N–H and O–H groups in total. The van der Waals surface area contributed by atoms with E-state index in [-0.39, 0.29) is 5.70 Å². The Labute approximate surface area is 264 Å². The van der Waals surface area contributed by atoms with Gasteiger partial charge in [0.25, 0.3) is 5.70 Å². The SMILES string of the molecule is [C-]#[N+]C(C#N)=C1C=C(C=Cc2ccc(N(CC)CC)cc2)OC(C=Cc2ccc(-n3c4ccccc4c4ccccc43)cc2)=C1. The second-order valence-corrected chi connectivity index (χ2v) is 10.6. The summed E-state index contributed by atoms with van der Waals surface area (Å²) in [5.41, 5.74) is 7.18. The predicted molar refractivity (Wildman–Crippen MR) is 185 cm³/mol. The number of benzene rings is 4. The maximum absolute atomic E-state index is 9.55. The molecule has 0 aliphatic carbocycles. The highest BCUT2D eigenvalue weighted by Gasteiger charge is 2.13. The molecule has 0 radical (unpaired) electrons. The van der Waals surface area contributed by atoms with Gasteiger partial charge in [-0.3, -0.25) is 0 Å². The van der Waals surface area contributed by atoms with E-state index < -0.39 is 0 Å². The molecule has 4 aromatic carbocycles. The Morgan fingerprint density at radius 2 is 1.27 bits per heavy atom. The van der Waals surface area contributed by atoms with Gasteiger partial charge < -0.3 is 14.2 Å². The molecule has 5 heteroatoms. The summed E-state index contributed by atoms with van der Waals surface area (Å²) in [6.07, 6.45) is 11.1. The lowest BCUT2D eigenvalue weighted by Gasteiger charge is -2.20. The highest BCUT2D eigenvalue weighted by Crippen LogP contribution is 2.32. The molecule has 0 atom stereocenters. The van der Waals surface area contributed by atoms with Gasteiger partial charge >= 0.3 is 0 Å². The number of nitriles is 1. The highest BCUT2D eigenvalue weighted by atomic mass is 16.5. The van der Waals surface area contributed by atoms with E-state index in [1.54, 1.807) is 12.2 Å². The fourth-order valence-electron chi connectivity index (χ4n) is 5.68. The first kappa shape index (κ1) is 29.1. The predicted octanol–water partition coefficient (Wildman–Crippen LogP) is 9.85. The minimum atomic E-state index is 0.0224. The molecular formula is C40H32N4O. The van der Waals surface area contributed by atoms with Crippen molar-refractivity contribution in [1.29, 1.82) is 5.26 Å². The fourth-order valence-corrected chi connectivity index (χ4v) is 5.68. The zero-order chi connectivity index (χ0) is 31.2. The Hall–Kier alpha value is -6.04. The van der Waals surface area contributed by atoms with Crippen molar-refractivity contribution in [2.75, 3.05) is 18.0 Å². The Balaban J connectivity index is 1.24. The third-order valence-electron chi connectivity index (χ3n) is 7.96. The van der Waals surface area contributed by atoms with Crippen molar-refractivity contribution in [1.82, 2.24) is 4.57 Å². The van der Waals surface area contributed by atoms with E-state index in [2.05, 4.69) is 125 Å². The van der Waals surface area contributed by atoms with E-state index in [4.69, 9.17) is 11.3 Å². The van der Waals surface area contributed by atoms with Crippen LogP contribution in [0.2, 0.25) is 0 Å². The molecule has 1 aliphatic rings. The largest absolute Gasteiger partial charge is 0.457 e. The topological polar surface area (TPSA) is 45.6 Å². The van der Waals surface area contributed by atoms with Crippen molar-refractivity contribution in [3.63, 3.8) is 0 Å². The number of anilines is 1. The molecule has 0 amide bonds. The second-order valence-electron chi connectivity index (χ2n) is 10.6. The Bertz CT molecular complexity index is 2030. The van der Waals surface area contributed by atoms with Crippen molar-refractivity contribution in [2.24, 2.45) is 0 Å². The molecule has 2 heterocycles. The van der Waals surface area contributed by atoms with Crippen LogP contribution in [0.1, 0.15) is 25.0 Å². The van der Waals surface area contributed by atoms with Crippen molar-refractivity contribution in [2.45, 2.75) is 13.8 Å². The van der Waals surface area contributed by atoms with Gasteiger partial charge in [-0.1, -0.05) is 72.8 Å². The average Bonchev–Trinajstić information content (AvgIpc) is 3.43. The van der Waals surface area contributed by atoms with E-state index in [1.165, 1.54) is 27.5 Å². The summed E-state index contributed by atoms with van der Waals surface area (Å²) in [4.78, 5) is 5.72. The van der Waals surface area contributed by atoms with Gasteiger partial charge in [-0.05, 0) is 91.2 Å². The number of rotatable bonds is 8. The maximum Gasteiger partial charge on any atom is 0.269 e. The first-order valence-corrected chi connectivity index (χ1v) is 15.0. The normalized spacial score (nSPS) is 14.2. The number of hydrogen-bond donors (Lipinski definition) is 0. The average molecular weight is 585 g/mol. The molecule has 0 unspecified atom stereocenters. The van der Waals surface area contributed by atoms with E-state index >= 15 is 0 Å². The van der Waals surface area contributed by atoms with Crippen LogP contribution in [0.15, 0.2) is 144 Å². The molecular weight excluding hydrogens is 552 g/mol. The van der Waals surface area contributed by atoms with Gasteiger partial charge in [0.05, 0.1) is 23.7 Å². The third-order valence-corrected chi connectivity index (χ3v) is 7.96. The lowest BCUT2D eigenvalue weighted by atomic mass is 10.1. The Kier molecular flexibility index (Phi) is 8.45. The van der Waals surface area contributed by atoms with Gasteiger partial charge in [-0.25, -0.2) is 10.1 Å². The lowest BCUT2D eigenvalue weighted by molar-refractivity contribution is 0.332. The maximum atomic E-state index is 9.55. The Morgan fingerprint density at radius 3 is 1.76 bits per heavy atom. The molecule has 1 aromatic heterocycles. The number of allylic oxidation sites excluding steroid dienone is 6. The summed E-state index contributed by atoms with van der Waals surface area (Å²) in [7, 11) is 0. The molecule has 0 bridgehead atoms. The summed E-state index contributed by atoms with van der Waals surface area (Å²) in [5, 5.41) is 12.0. The van der Waals surface area contributed by atoms with E-state index in [9.17, 15) is 5.26 Å². The number of fused-ring (bicyclic) bond motifs is 3. The molecule has 5 nitrogen and oxygen atoms in total. The van der Waals surface area contributed by atoms with Crippen LogP contribution in [0.5, 0.6) is 0 Å². The van der Waals surface area contributed by atoms with Crippen LogP contribution >= 0.6 is 0 Å². The molecule has 0 saturated carbocycles. The number of nitrogens with zero attached hydrogens (tertiary/aromatic N) is 4. The second kappa shape index (κ2) is 13.1. The molecule has 45 heavy (non-hydrogen) atoms. The minimum Gasteiger partial charge on any atom is -0.457 e. The first-order chi connectivity index (χ1) is 22.1. The number of hydrogen-bond acceptors (Lipinski definition) is 3. The van der Waals surface area contributed by atoms with Crippen LogP contribution in [-0.4, -0.2) is 17.7 Å². The van der Waals surface area contributed by atoms with Crippen LogP contribution in [0.25, 0.3) is 44.5 Å². The van der Waals surface area contributed by atoms with Crippen molar-refractivity contribution in [3.05, 3.63) is 167 Å². The van der Waals surface area contributed by atoms with Crippen LogP contribution in [-0.2, 0) is 4.74 Å². The van der Waals surface area contributed by atoms with E-state index in [0.29, 0.717) is 17.1 Å². The van der Waals surface area contributed by atoms with E-state index in [0.717, 1.165) is 29.9 Å². The lowest BCUT2D eigenvalue weighted by Crippen LogP contribution is -2.21. The van der Waals surface area contributed by atoms with Gasteiger partial charge in [0, 0.05) is 35.2 Å². The van der Waals surface area contributed by atoms with Crippen LogP contribution in [0, 0.1) is 17.9 Å². The molecule has 1 aliphatic heterocycles. The molecule has 0 spiro atoms. The monoisotopic (exact) mass is 584 g/mol. The molecule has 5 aromatic rings. The number of para-hydroxylation sites is 2. The van der Waals surface area contributed by atoms with Crippen LogP contribution in [0.3, 0.4) is 0 Å². The molecule has 0 fully saturated rings. The van der Waals surface area contributed by atoms with Crippen molar-refractivity contribution in [3.8, 4) is 11.8 Å². The zero-order valence-electron chi connectivity index (χ0n) is 25.3. The summed E-state index contributed by atoms with van der Waals surface area (Å²) in [6, 6.07) is 35.7. The van der Waals surface area contributed by atoms with E-state index in [1.807, 2.05) is 30.4 Å². The summed E-state index contributed by atoms with van der Waals surface area (Å²) >= 11 is 0. The van der Waals surface area contributed by atoms with Crippen LogP contribution in [0.4, 0.5) is 5.69 Å². The van der Waals surface area contributed by atoms with Gasteiger partial charge in [-0.15, -0.1) is 0 Å². The van der Waals surface area contributed by atoms with Gasteiger partial charge in [0.1, 0.15) is 11.5 Å². The smallest absolute Gasteiger partial charge is 0.269 e.